The van der Waals surface area contributed by atoms with Crippen molar-refractivity contribution in [2.75, 3.05) is 4.90 Å². The number of rotatable bonds is 11. The molecule has 0 aliphatic rings. The van der Waals surface area contributed by atoms with Crippen LogP contribution in [-0.2, 0) is 8.23 Å². The minimum atomic E-state index is -2.28. The molecule has 0 saturated heterocycles. The van der Waals surface area contributed by atoms with Gasteiger partial charge in [-0.05, 0) is 151 Å². The lowest BCUT2D eigenvalue weighted by molar-refractivity contribution is 0.396. The molecular formula is C30H47NO4Si4. The second-order valence-corrected chi connectivity index (χ2v) is 29.1. The van der Waals surface area contributed by atoms with Gasteiger partial charge in [-0.25, -0.2) is 0 Å². The minimum Gasteiger partial charge on any atom is -0.521 e. The molecule has 39 heavy (non-hydrogen) atoms. The smallest absolute Gasteiger partial charge is 0.382 e. The fourth-order valence-corrected chi connectivity index (χ4v) is 18.3. The number of nitrogens with zero attached hydrogens (tertiary/aromatic N) is 1. The lowest BCUT2D eigenvalue weighted by Gasteiger charge is -2.32. The van der Waals surface area contributed by atoms with Crippen LogP contribution in [0, 0.1) is 13.8 Å². The van der Waals surface area contributed by atoms with Gasteiger partial charge in [-0.3, -0.25) is 0 Å². The van der Waals surface area contributed by atoms with Crippen molar-refractivity contribution in [3.05, 3.63) is 77.9 Å². The van der Waals surface area contributed by atoms with E-state index in [1.807, 2.05) is 24.3 Å². The van der Waals surface area contributed by atoms with Crippen molar-refractivity contribution < 1.29 is 17.1 Å². The van der Waals surface area contributed by atoms with Crippen LogP contribution in [0.3, 0.4) is 0 Å². The predicted molar refractivity (Wildman–Crippen MR) is 176 cm³/mol. The highest BCUT2D eigenvalue weighted by atomic mass is 28.4. The molecule has 3 rings (SSSR count). The molecule has 3 aromatic rings. The van der Waals surface area contributed by atoms with Crippen molar-refractivity contribution in [3.63, 3.8) is 0 Å². The van der Waals surface area contributed by atoms with Crippen LogP contribution < -0.4 is 13.8 Å². The van der Waals surface area contributed by atoms with Crippen molar-refractivity contribution in [1.82, 2.24) is 0 Å². The van der Waals surface area contributed by atoms with Crippen LogP contribution in [0.15, 0.2) is 66.7 Å². The van der Waals surface area contributed by atoms with Crippen LogP contribution in [-0.4, -0.2) is 33.8 Å². The maximum absolute atomic E-state index is 6.37. The Bertz CT molecular complexity index is 1170. The molecule has 0 aromatic heterocycles. The van der Waals surface area contributed by atoms with Gasteiger partial charge in [0.2, 0.25) is 0 Å². The van der Waals surface area contributed by atoms with Gasteiger partial charge in [-0.1, -0.05) is 6.07 Å². The molecule has 0 unspecified atom stereocenters. The molecule has 0 heterocycles. The van der Waals surface area contributed by atoms with Crippen molar-refractivity contribution in [2.24, 2.45) is 0 Å². The highest BCUT2D eigenvalue weighted by Crippen LogP contribution is 2.37. The summed E-state index contributed by atoms with van der Waals surface area (Å²) in [6, 6.07) is 23.2. The summed E-state index contributed by atoms with van der Waals surface area (Å²) in [7, 11) is -7.94. The summed E-state index contributed by atoms with van der Waals surface area (Å²) in [4.78, 5) is 2.27. The van der Waals surface area contributed by atoms with E-state index in [1.165, 1.54) is 11.1 Å². The Morgan fingerprint density at radius 2 is 0.821 bits per heavy atom. The summed E-state index contributed by atoms with van der Waals surface area (Å²) in [5.74, 6) is 1.68. The average molecular weight is 598 g/mol. The minimum absolute atomic E-state index is 0.840. The summed E-state index contributed by atoms with van der Waals surface area (Å²) in [5, 5.41) is 0. The van der Waals surface area contributed by atoms with Gasteiger partial charge in [-0.2, -0.15) is 0 Å². The number of benzene rings is 3. The molecule has 9 heteroatoms. The molecular weight excluding hydrogens is 551 g/mol. The maximum atomic E-state index is 6.37. The van der Waals surface area contributed by atoms with Gasteiger partial charge in [0, 0.05) is 17.1 Å². The monoisotopic (exact) mass is 597 g/mol. The van der Waals surface area contributed by atoms with E-state index in [2.05, 4.69) is 127 Å². The predicted octanol–water partition coefficient (Wildman–Crippen LogP) is 9.64. The van der Waals surface area contributed by atoms with E-state index in [9.17, 15) is 0 Å². The number of hydrogen-bond donors (Lipinski definition) is 0. The van der Waals surface area contributed by atoms with E-state index in [-0.39, 0.29) is 0 Å². The number of hydrogen-bond acceptors (Lipinski definition) is 5. The van der Waals surface area contributed by atoms with Crippen molar-refractivity contribution >= 4 is 50.8 Å². The highest BCUT2D eigenvalue weighted by molar-refractivity contribution is 6.82. The first-order chi connectivity index (χ1) is 17.8. The van der Waals surface area contributed by atoms with Crippen LogP contribution in [0.2, 0.25) is 65.5 Å². The molecule has 0 fully saturated rings. The van der Waals surface area contributed by atoms with Crippen molar-refractivity contribution in [2.45, 2.75) is 79.3 Å². The number of anilines is 3. The Hall–Kier alpha value is -2.15. The Kier molecular flexibility index (Phi) is 9.46. The molecule has 3 aromatic carbocycles. The first-order valence-electron chi connectivity index (χ1n) is 13.7. The second kappa shape index (κ2) is 11.8. The van der Waals surface area contributed by atoms with Crippen LogP contribution in [0.4, 0.5) is 17.1 Å². The third-order valence-electron chi connectivity index (χ3n) is 5.77. The zero-order chi connectivity index (χ0) is 29.2. The van der Waals surface area contributed by atoms with Crippen LogP contribution in [0.25, 0.3) is 0 Å². The summed E-state index contributed by atoms with van der Waals surface area (Å²) in [6.07, 6.45) is 0. The standard InChI is InChI=1S/C30H47NO4Si4/c1-24-13-14-28(23-25(24)2)31(26-15-19-29(20-16-26)32-38(9,10)34-36(3,4)5)27-17-21-30(22-18-27)33-39(11,12)35-37(6,7)8/h13-23H,1-12H3. The third-order valence-corrected chi connectivity index (χ3v) is 16.1. The average Bonchev–Trinajstić information content (AvgIpc) is 2.75. The molecule has 0 bridgehead atoms. The topological polar surface area (TPSA) is 40.2 Å². The molecule has 0 atom stereocenters. The highest BCUT2D eigenvalue weighted by Gasteiger charge is 2.34. The zero-order valence-electron chi connectivity index (χ0n) is 25.9. The van der Waals surface area contributed by atoms with Gasteiger partial charge < -0.3 is 22.0 Å². The molecule has 212 valence electrons. The Morgan fingerprint density at radius 1 is 0.462 bits per heavy atom. The van der Waals surface area contributed by atoms with E-state index in [4.69, 9.17) is 17.1 Å². The van der Waals surface area contributed by atoms with Gasteiger partial charge in [-0.15, -0.1) is 0 Å². The van der Waals surface area contributed by atoms with E-state index in [0.29, 0.717) is 0 Å². The molecule has 0 N–H and O–H groups in total. The molecule has 0 amide bonds. The van der Waals surface area contributed by atoms with Gasteiger partial charge in [0.05, 0.1) is 0 Å². The molecule has 0 aliphatic heterocycles. The molecule has 0 aliphatic carbocycles. The lowest BCUT2D eigenvalue weighted by atomic mass is 10.1. The van der Waals surface area contributed by atoms with E-state index >= 15 is 0 Å². The number of aryl methyl sites for hydroxylation is 2. The summed E-state index contributed by atoms with van der Waals surface area (Å²) in [5.41, 5.74) is 5.75. The van der Waals surface area contributed by atoms with Crippen LogP contribution in [0.1, 0.15) is 11.1 Å². The summed E-state index contributed by atoms with van der Waals surface area (Å²) in [6.45, 7) is 26.0. The fraction of sp³-hybridized carbons (Fsp3) is 0.400. The van der Waals surface area contributed by atoms with Gasteiger partial charge in [0.25, 0.3) is 0 Å². The van der Waals surface area contributed by atoms with Gasteiger partial charge in [0.1, 0.15) is 11.5 Å². The van der Waals surface area contributed by atoms with Gasteiger partial charge >= 0.3 is 17.1 Å². The summed E-state index contributed by atoms with van der Waals surface area (Å²) < 4.78 is 25.5. The van der Waals surface area contributed by atoms with Gasteiger partial charge in [0.15, 0.2) is 16.6 Å². The maximum Gasteiger partial charge on any atom is 0.382 e. The first-order valence-corrected chi connectivity index (χ1v) is 26.1. The molecule has 0 spiro atoms. The Labute approximate surface area is 240 Å². The molecule has 5 nitrogen and oxygen atoms in total. The van der Waals surface area contributed by atoms with Crippen LogP contribution in [0.5, 0.6) is 11.5 Å². The normalized spacial score (nSPS) is 12.8. The van der Waals surface area contributed by atoms with E-state index < -0.39 is 33.8 Å². The molecule has 0 radical (unpaired) electrons. The fourth-order valence-electron chi connectivity index (χ4n) is 4.72. The summed E-state index contributed by atoms with van der Waals surface area (Å²) >= 11 is 0. The third kappa shape index (κ3) is 9.77. The zero-order valence-corrected chi connectivity index (χ0v) is 29.9. The Balaban J connectivity index is 1.92. The SMILES string of the molecule is Cc1ccc(N(c2ccc(O[Si](C)(C)O[Si](C)(C)C)cc2)c2ccc(O[Si](C)(C)O[Si](C)(C)C)cc2)cc1C. The van der Waals surface area contributed by atoms with Crippen molar-refractivity contribution in [3.8, 4) is 11.5 Å². The lowest BCUT2D eigenvalue weighted by Crippen LogP contribution is -2.47. The first kappa shape index (κ1) is 31.4. The molecule has 0 saturated carbocycles. The van der Waals surface area contributed by atoms with E-state index in [1.54, 1.807) is 0 Å². The van der Waals surface area contributed by atoms with E-state index in [0.717, 1.165) is 28.6 Å². The van der Waals surface area contributed by atoms with Crippen molar-refractivity contribution in [1.29, 1.82) is 0 Å². The quantitative estimate of drug-likeness (QED) is 0.206. The van der Waals surface area contributed by atoms with Crippen LogP contribution >= 0.6 is 0 Å². The second-order valence-electron chi connectivity index (χ2n) is 13.0. The largest absolute Gasteiger partial charge is 0.521 e. The Morgan fingerprint density at radius 3 is 1.15 bits per heavy atom.